The molecule has 0 saturated carbocycles. The Hall–Kier alpha value is -2.33. The zero-order valence-electron chi connectivity index (χ0n) is 11.5. The molecule has 1 fully saturated rings. The fraction of sp³-hybridized carbons (Fsp3) is 0.235. The summed E-state index contributed by atoms with van der Waals surface area (Å²) in [6, 6.07) is 17.2. The van der Waals surface area contributed by atoms with E-state index >= 15 is 0 Å². The minimum atomic E-state index is -0.733. The summed E-state index contributed by atoms with van der Waals surface area (Å²) in [5.74, 6) is -0.783. The van der Waals surface area contributed by atoms with Crippen LogP contribution in [0, 0.1) is 5.92 Å². The fourth-order valence-electron chi connectivity index (χ4n) is 2.79. The average molecular weight is 283 g/mol. The van der Waals surface area contributed by atoms with Gasteiger partial charge in [-0.05, 0) is 23.3 Å². The molecule has 1 heterocycles. The van der Waals surface area contributed by atoms with Crippen LogP contribution in [0.25, 0.3) is 0 Å². The zero-order chi connectivity index (χ0) is 14.8. The van der Waals surface area contributed by atoms with Crippen LogP contribution in [-0.2, 0) is 4.79 Å². The Labute approximate surface area is 123 Å². The van der Waals surface area contributed by atoms with Gasteiger partial charge in [-0.25, -0.2) is 0 Å². The van der Waals surface area contributed by atoms with Crippen LogP contribution < -0.4 is 0 Å². The highest BCUT2D eigenvalue weighted by Crippen LogP contribution is 2.34. The molecule has 1 aliphatic rings. The van der Waals surface area contributed by atoms with Crippen molar-refractivity contribution in [1.29, 1.82) is 0 Å². The highest BCUT2D eigenvalue weighted by Gasteiger charge is 2.37. The van der Waals surface area contributed by atoms with Crippen molar-refractivity contribution in [3.63, 3.8) is 0 Å². The normalized spacial score (nSPS) is 17.1. The molecule has 0 bridgehead atoms. The second kappa shape index (κ2) is 5.58. The summed E-state index contributed by atoms with van der Waals surface area (Å²) in [6.07, 6.45) is 0. The van der Waals surface area contributed by atoms with Crippen LogP contribution in [0.4, 0.5) is 0 Å². The number of carbonyl (C=O) groups is 1. The summed E-state index contributed by atoms with van der Waals surface area (Å²) in [6.45, 7) is 1.10. The van der Waals surface area contributed by atoms with Crippen LogP contribution in [0.5, 0.6) is 5.75 Å². The van der Waals surface area contributed by atoms with Gasteiger partial charge >= 0.3 is 5.97 Å². The van der Waals surface area contributed by atoms with Crippen molar-refractivity contribution in [2.75, 3.05) is 13.1 Å². The number of hydrogen-bond donors (Lipinski definition) is 2. The van der Waals surface area contributed by atoms with Crippen LogP contribution in [-0.4, -0.2) is 34.2 Å². The number of carboxylic acid groups (broad SMARTS) is 1. The number of aliphatic carboxylic acids is 1. The van der Waals surface area contributed by atoms with E-state index in [9.17, 15) is 9.90 Å². The quantitative estimate of drug-likeness (QED) is 0.905. The molecule has 0 spiro atoms. The van der Waals surface area contributed by atoms with Crippen LogP contribution in [0.1, 0.15) is 17.2 Å². The first-order valence-electron chi connectivity index (χ1n) is 6.96. The maximum atomic E-state index is 11.0. The predicted octanol–water partition coefficient (Wildman–Crippen LogP) is 2.50. The van der Waals surface area contributed by atoms with E-state index in [0.717, 1.165) is 11.1 Å². The molecule has 1 aliphatic heterocycles. The van der Waals surface area contributed by atoms with Crippen molar-refractivity contribution in [2.45, 2.75) is 6.04 Å². The third-order valence-electron chi connectivity index (χ3n) is 3.95. The topological polar surface area (TPSA) is 60.8 Å². The van der Waals surface area contributed by atoms with Gasteiger partial charge in [-0.15, -0.1) is 0 Å². The lowest BCUT2D eigenvalue weighted by Gasteiger charge is -2.43. The maximum Gasteiger partial charge on any atom is 0.309 e. The largest absolute Gasteiger partial charge is 0.508 e. The van der Waals surface area contributed by atoms with E-state index in [0.29, 0.717) is 13.1 Å². The lowest BCUT2D eigenvalue weighted by molar-refractivity contribution is -0.148. The van der Waals surface area contributed by atoms with Crippen molar-refractivity contribution in [3.8, 4) is 5.75 Å². The van der Waals surface area contributed by atoms with E-state index in [1.54, 1.807) is 12.1 Å². The first kappa shape index (κ1) is 13.6. The van der Waals surface area contributed by atoms with Gasteiger partial charge in [0.1, 0.15) is 5.75 Å². The molecule has 4 heteroatoms. The van der Waals surface area contributed by atoms with E-state index in [4.69, 9.17) is 5.11 Å². The molecule has 1 unspecified atom stereocenters. The summed E-state index contributed by atoms with van der Waals surface area (Å²) < 4.78 is 0. The van der Waals surface area contributed by atoms with E-state index in [2.05, 4.69) is 4.90 Å². The number of benzene rings is 2. The van der Waals surface area contributed by atoms with Gasteiger partial charge in [-0.2, -0.15) is 0 Å². The predicted molar refractivity (Wildman–Crippen MR) is 79.1 cm³/mol. The van der Waals surface area contributed by atoms with Crippen LogP contribution >= 0.6 is 0 Å². The van der Waals surface area contributed by atoms with Crippen molar-refractivity contribution in [1.82, 2.24) is 4.90 Å². The molecular formula is C17H17NO3. The Morgan fingerprint density at radius 3 is 2.14 bits per heavy atom. The molecule has 0 aliphatic carbocycles. The van der Waals surface area contributed by atoms with Gasteiger partial charge in [-0.1, -0.05) is 42.5 Å². The molecule has 0 radical (unpaired) electrons. The standard InChI is InChI=1S/C17H17NO3/c19-15-8-6-13(7-9-15)16(12-4-2-1-3-5-12)18-10-14(11-18)17(20)21/h1-9,14,16,19H,10-11H2,(H,20,21). The number of phenolic OH excluding ortho intramolecular Hbond substituents is 1. The zero-order valence-corrected chi connectivity index (χ0v) is 11.5. The van der Waals surface area contributed by atoms with Crippen molar-refractivity contribution in [3.05, 3.63) is 65.7 Å². The Morgan fingerprint density at radius 1 is 1.00 bits per heavy atom. The van der Waals surface area contributed by atoms with Gasteiger partial charge < -0.3 is 10.2 Å². The highest BCUT2D eigenvalue weighted by atomic mass is 16.4. The molecule has 108 valence electrons. The van der Waals surface area contributed by atoms with E-state index < -0.39 is 5.97 Å². The SMILES string of the molecule is O=C(O)C1CN(C(c2ccccc2)c2ccc(O)cc2)C1. The van der Waals surface area contributed by atoms with Crippen molar-refractivity contribution >= 4 is 5.97 Å². The van der Waals surface area contributed by atoms with E-state index in [-0.39, 0.29) is 17.7 Å². The van der Waals surface area contributed by atoms with Gasteiger partial charge in [0.15, 0.2) is 0 Å². The minimum Gasteiger partial charge on any atom is -0.508 e. The molecule has 0 aromatic heterocycles. The molecule has 0 amide bonds. The van der Waals surface area contributed by atoms with Gasteiger partial charge in [-0.3, -0.25) is 9.69 Å². The number of aromatic hydroxyl groups is 1. The maximum absolute atomic E-state index is 11.0. The van der Waals surface area contributed by atoms with Gasteiger partial charge in [0.25, 0.3) is 0 Å². The average Bonchev–Trinajstić information content (AvgIpc) is 2.44. The van der Waals surface area contributed by atoms with Gasteiger partial charge in [0.2, 0.25) is 0 Å². The Kier molecular flexibility index (Phi) is 3.62. The summed E-state index contributed by atoms with van der Waals surface area (Å²) in [5, 5.41) is 18.5. The highest BCUT2D eigenvalue weighted by molar-refractivity contribution is 5.71. The monoisotopic (exact) mass is 283 g/mol. The number of phenols is 1. The van der Waals surface area contributed by atoms with Crippen LogP contribution in [0.2, 0.25) is 0 Å². The Morgan fingerprint density at radius 2 is 1.57 bits per heavy atom. The third kappa shape index (κ3) is 2.76. The molecule has 1 atom stereocenters. The van der Waals surface area contributed by atoms with Crippen molar-refractivity contribution in [2.24, 2.45) is 5.92 Å². The van der Waals surface area contributed by atoms with Crippen LogP contribution in [0.15, 0.2) is 54.6 Å². The van der Waals surface area contributed by atoms with Crippen LogP contribution in [0.3, 0.4) is 0 Å². The lowest BCUT2D eigenvalue weighted by atomic mass is 9.90. The summed E-state index contributed by atoms with van der Waals surface area (Å²) in [5.41, 5.74) is 2.19. The summed E-state index contributed by atoms with van der Waals surface area (Å²) in [7, 11) is 0. The summed E-state index contributed by atoms with van der Waals surface area (Å²) in [4.78, 5) is 13.2. The van der Waals surface area contributed by atoms with E-state index in [1.807, 2.05) is 42.5 Å². The number of hydrogen-bond acceptors (Lipinski definition) is 3. The number of nitrogens with zero attached hydrogens (tertiary/aromatic N) is 1. The number of rotatable bonds is 4. The smallest absolute Gasteiger partial charge is 0.309 e. The van der Waals surface area contributed by atoms with Gasteiger partial charge in [0.05, 0.1) is 12.0 Å². The third-order valence-corrected chi connectivity index (χ3v) is 3.95. The Balaban J connectivity index is 1.89. The lowest BCUT2D eigenvalue weighted by Crippen LogP contribution is -2.51. The summed E-state index contributed by atoms with van der Waals surface area (Å²) >= 11 is 0. The molecule has 1 saturated heterocycles. The number of carboxylic acids is 1. The second-order valence-electron chi connectivity index (χ2n) is 5.39. The second-order valence-corrected chi connectivity index (χ2v) is 5.39. The molecule has 2 aromatic carbocycles. The molecule has 2 N–H and O–H groups in total. The first-order chi connectivity index (χ1) is 10.1. The molecule has 21 heavy (non-hydrogen) atoms. The molecular weight excluding hydrogens is 266 g/mol. The molecule has 2 aromatic rings. The molecule has 3 rings (SSSR count). The van der Waals surface area contributed by atoms with Crippen molar-refractivity contribution < 1.29 is 15.0 Å². The van der Waals surface area contributed by atoms with Gasteiger partial charge in [0, 0.05) is 13.1 Å². The minimum absolute atomic E-state index is 0.0300. The fourth-order valence-corrected chi connectivity index (χ4v) is 2.79. The Bertz CT molecular complexity index is 618. The first-order valence-corrected chi connectivity index (χ1v) is 6.96. The molecule has 4 nitrogen and oxygen atoms in total. The van der Waals surface area contributed by atoms with E-state index in [1.165, 1.54) is 0 Å². The number of likely N-dealkylation sites (tertiary alicyclic amines) is 1.